The molecule has 0 atom stereocenters. The number of hydrogen-bond acceptors (Lipinski definition) is 4. The average Bonchev–Trinajstić information content (AvgIpc) is 2.46. The number of methoxy groups -OCH3 is 1. The second kappa shape index (κ2) is 6.01. The van der Waals surface area contributed by atoms with E-state index in [9.17, 15) is 14.5 Å². The Kier molecular flexibility index (Phi) is 4.14. The minimum atomic E-state index is -0.532. The molecule has 5 nitrogen and oxygen atoms in total. The van der Waals surface area contributed by atoms with E-state index < -0.39 is 10.7 Å². The highest BCUT2D eigenvalue weighted by Crippen LogP contribution is 2.31. The molecule has 0 radical (unpaired) electrons. The fraction of sp³-hybridized carbons (Fsp3) is 0.143. The zero-order valence-electron chi connectivity index (χ0n) is 10.7. The molecule has 0 fully saturated rings. The number of nitro groups is 1. The van der Waals surface area contributed by atoms with Crippen LogP contribution in [0.5, 0.6) is 11.5 Å². The molecule has 2 aromatic rings. The first-order valence-corrected chi connectivity index (χ1v) is 5.80. The quantitative estimate of drug-likeness (QED) is 0.621. The molecule has 0 N–H and O–H groups in total. The summed E-state index contributed by atoms with van der Waals surface area (Å²) in [7, 11) is 1.43. The summed E-state index contributed by atoms with van der Waals surface area (Å²) in [6.45, 7) is -0.0375. The predicted molar refractivity (Wildman–Crippen MR) is 70.4 cm³/mol. The average molecular weight is 277 g/mol. The first-order valence-electron chi connectivity index (χ1n) is 5.80. The van der Waals surface area contributed by atoms with Crippen molar-refractivity contribution in [1.29, 1.82) is 0 Å². The molecule has 6 heteroatoms. The molecule has 0 heterocycles. The van der Waals surface area contributed by atoms with Crippen LogP contribution in [0, 0.1) is 15.9 Å². The molecule has 0 saturated carbocycles. The van der Waals surface area contributed by atoms with Crippen molar-refractivity contribution in [3.8, 4) is 11.5 Å². The van der Waals surface area contributed by atoms with Crippen LogP contribution in [0.3, 0.4) is 0 Å². The highest BCUT2D eigenvalue weighted by Gasteiger charge is 2.13. The van der Waals surface area contributed by atoms with Crippen LogP contribution >= 0.6 is 0 Å². The summed E-state index contributed by atoms with van der Waals surface area (Å²) >= 11 is 0. The van der Waals surface area contributed by atoms with E-state index in [1.807, 2.05) is 0 Å². The number of rotatable bonds is 5. The van der Waals surface area contributed by atoms with Crippen LogP contribution in [-0.4, -0.2) is 12.0 Å². The van der Waals surface area contributed by atoms with E-state index in [1.165, 1.54) is 31.4 Å². The summed E-state index contributed by atoms with van der Waals surface area (Å²) in [6, 6.07) is 10.2. The van der Waals surface area contributed by atoms with Gasteiger partial charge < -0.3 is 9.47 Å². The standard InChI is InChI=1S/C14H12FNO4/c1-19-13-7-6-11(16(17)18)8-14(13)20-9-10-4-2-3-5-12(10)15/h2-8H,9H2,1H3. The molecule has 0 aliphatic carbocycles. The number of non-ortho nitro benzene ring substituents is 1. The van der Waals surface area contributed by atoms with E-state index in [4.69, 9.17) is 9.47 Å². The van der Waals surface area contributed by atoms with E-state index in [-0.39, 0.29) is 18.0 Å². The number of nitro benzene ring substituents is 1. The predicted octanol–water partition coefficient (Wildman–Crippen LogP) is 3.32. The van der Waals surface area contributed by atoms with Gasteiger partial charge >= 0.3 is 0 Å². The monoisotopic (exact) mass is 277 g/mol. The van der Waals surface area contributed by atoms with Crippen LogP contribution < -0.4 is 9.47 Å². The largest absolute Gasteiger partial charge is 0.493 e. The molecule has 20 heavy (non-hydrogen) atoms. The van der Waals surface area contributed by atoms with Crippen molar-refractivity contribution in [2.45, 2.75) is 6.61 Å². The molecule has 0 saturated heterocycles. The van der Waals surface area contributed by atoms with Crippen molar-refractivity contribution >= 4 is 5.69 Å². The van der Waals surface area contributed by atoms with E-state index in [0.717, 1.165) is 0 Å². The van der Waals surface area contributed by atoms with Gasteiger partial charge in [-0.15, -0.1) is 0 Å². The Balaban J connectivity index is 2.22. The van der Waals surface area contributed by atoms with Gasteiger partial charge in [-0.05, 0) is 12.1 Å². The van der Waals surface area contributed by atoms with Crippen molar-refractivity contribution in [1.82, 2.24) is 0 Å². The normalized spacial score (nSPS) is 10.1. The third-order valence-corrected chi connectivity index (χ3v) is 2.70. The van der Waals surface area contributed by atoms with Gasteiger partial charge in [0.2, 0.25) is 0 Å². The first kappa shape index (κ1) is 13.8. The SMILES string of the molecule is COc1ccc([N+](=O)[O-])cc1OCc1ccccc1F. The lowest BCUT2D eigenvalue weighted by atomic mass is 10.2. The van der Waals surface area contributed by atoms with Gasteiger partial charge in [0.1, 0.15) is 12.4 Å². The molecule has 0 unspecified atom stereocenters. The van der Waals surface area contributed by atoms with Gasteiger partial charge in [0.05, 0.1) is 18.1 Å². The Morgan fingerprint density at radius 3 is 2.60 bits per heavy atom. The van der Waals surface area contributed by atoms with Gasteiger partial charge in [0.15, 0.2) is 11.5 Å². The summed E-state index contributed by atoms with van der Waals surface area (Å²) < 4.78 is 23.9. The molecule has 0 spiro atoms. The zero-order valence-corrected chi connectivity index (χ0v) is 10.7. The molecule has 0 bridgehead atoms. The minimum Gasteiger partial charge on any atom is -0.493 e. The Labute approximate surface area is 114 Å². The Morgan fingerprint density at radius 2 is 1.95 bits per heavy atom. The Bertz CT molecular complexity index is 630. The van der Waals surface area contributed by atoms with Crippen LogP contribution in [0.2, 0.25) is 0 Å². The second-order valence-electron chi connectivity index (χ2n) is 3.97. The molecular weight excluding hydrogens is 265 g/mol. The van der Waals surface area contributed by atoms with Crippen molar-refractivity contribution in [3.63, 3.8) is 0 Å². The maximum Gasteiger partial charge on any atom is 0.273 e. The molecule has 2 aromatic carbocycles. The summed E-state index contributed by atoms with van der Waals surface area (Å²) in [5.74, 6) is 0.161. The lowest BCUT2D eigenvalue weighted by Crippen LogP contribution is -2.00. The number of hydrogen-bond donors (Lipinski definition) is 0. The van der Waals surface area contributed by atoms with Crippen molar-refractivity contribution in [2.24, 2.45) is 0 Å². The summed E-state index contributed by atoms with van der Waals surface area (Å²) in [6.07, 6.45) is 0. The Hall–Kier alpha value is -2.63. The van der Waals surface area contributed by atoms with Crippen LogP contribution in [0.1, 0.15) is 5.56 Å². The Morgan fingerprint density at radius 1 is 1.20 bits per heavy atom. The van der Waals surface area contributed by atoms with Crippen LogP contribution in [0.4, 0.5) is 10.1 Å². The van der Waals surface area contributed by atoms with E-state index >= 15 is 0 Å². The molecule has 0 amide bonds. The van der Waals surface area contributed by atoms with Gasteiger partial charge in [-0.3, -0.25) is 10.1 Å². The minimum absolute atomic E-state index is 0.0375. The molecule has 2 rings (SSSR count). The van der Waals surface area contributed by atoms with Gasteiger partial charge in [0, 0.05) is 11.6 Å². The zero-order chi connectivity index (χ0) is 14.5. The number of benzene rings is 2. The smallest absolute Gasteiger partial charge is 0.273 e. The molecule has 0 aromatic heterocycles. The van der Waals surface area contributed by atoms with E-state index in [1.54, 1.807) is 18.2 Å². The van der Waals surface area contributed by atoms with Crippen LogP contribution in [0.25, 0.3) is 0 Å². The molecule has 0 aliphatic heterocycles. The topological polar surface area (TPSA) is 61.6 Å². The highest BCUT2D eigenvalue weighted by molar-refractivity contribution is 5.48. The van der Waals surface area contributed by atoms with Gasteiger partial charge in [0.25, 0.3) is 5.69 Å². The van der Waals surface area contributed by atoms with Gasteiger partial charge in [-0.25, -0.2) is 4.39 Å². The van der Waals surface area contributed by atoms with Crippen molar-refractivity contribution in [3.05, 3.63) is 64.0 Å². The fourth-order valence-electron chi connectivity index (χ4n) is 1.66. The summed E-state index contributed by atoms with van der Waals surface area (Å²) in [4.78, 5) is 10.2. The van der Waals surface area contributed by atoms with Crippen molar-refractivity contribution < 1.29 is 18.8 Å². The lowest BCUT2D eigenvalue weighted by Gasteiger charge is -2.10. The van der Waals surface area contributed by atoms with Gasteiger partial charge in [-0.1, -0.05) is 18.2 Å². The molecule has 104 valence electrons. The maximum atomic E-state index is 13.5. The van der Waals surface area contributed by atoms with E-state index in [0.29, 0.717) is 11.3 Å². The van der Waals surface area contributed by atoms with E-state index in [2.05, 4.69) is 0 Å². The van der Waals surface area contributed by atoms with Gasteiger partial charge in [-0.2, -0.15) is 0 Å². The lowest BCUT2D eigenvalue weighted by molar-refractivity contribution is -0.385. The molecular formula is C14H12FNO4. The highest BCUT2D eigenvalue weighted by atomic mass is 19.1. The molecule has 0 aliphatic rings. The summed E-state index contributed by atoms with van der Waals surface area (Å²) in [5.41, 5.74) is 0.246. The third-order valence-electron chi connectivity index (χ3n) is 2.70. The maximum absolute atomic E-state index is 13.5. The number of nitrogens with zero attached hydrogens (tertiary/aromatic N) is 1. The number of halogens is 1. The first-order chi connectivity index (χ1) is 9.61. The second-order valence-corrected chi connectivity index (χ2v) is 3.97. The fourth-order valence-corrected chi connectivity index (χ4v) is 1.66. The van der Waals surface area contributed by atoms with Crippen LogP contribution in [-0.2, 0) is 6.61 Å². The van der Waals surface area contributed by atoms with Crippen molar-refractivity contribution in [2.75, 3.05) is 7.11 Å². The third kappa shape index (κ3) is 3.03. The number of ether oxygens (including phenoxy) is 2. The summed E-state index contributed by atoms with van der Waals surface area (Å²) in [5, 5.41) is 10.7. The van der Waals surface area contributed by atoms with Crippen LogP contribution in [0.15, 0.2) is 42.5 Å².